The molecule has 0 aromatic rings. The fraction of sp³-hybridized carbons (Fsp3) is 0.500. The predicted molar refractivity (Wildman–Crippen MR) is 45.0 cm³/mol. The van der Waals surface area contributed by atoms with E-state index in [0.717, 1.165) is 4.90 Å². The van der Waals surface area contributed by atoms with Crippen LogP contribution in [-0.4, -0.2) is 45.2 Å². The largest absolute Gasteiger partial charge is 0.477 e. The fourth-order valence-corrected chi connectivity index (χ4v) is 1.87. The number of β-lactam (4-membered cyclic amide) rings is 1. The van der Waals surface area contributed by atoms with Crippen molar-refractivity contribution in [2.45, 2.75) is 24.6 Å². The summed E-state index contributed by atoms with van der Waals surface area (Å²) in [6.45, 7) is 0. The van der Waals surface area contributed by atoms with E-state index < -0.39 is 24.0 Å². The van der Waals surface area contributed by atoms with Gasteiger partial charge in [-0.1, -0.05) is 0 Å². The Balaban J connectivity index is 2.32. The highest BCUT2D eigenvalue weighted by Gasteiger charge is 2.50. The van der Waals surface area contributed by atoms with Gasteiger partial charge in [0.05, 0.1) is 12.1 Å². The topological polar surface area (TPSA) is 104 Å². The molecule has 2 rings (SSSR count). The summed E-state index contributed by atoms with van der Waals surface area (Å²) >= 11 is 0. The Bertz CT molecular complexity index is 338. The first kappa shape index (κ1) is 9.17. The highest BCUT2D eigenvalue weighted by atomic mass is 16.4. The Labute approximate surface area is 79.6 Å². The zero-order valence-electron chi connectivity index (χ0n) is 7.25. The van der Waals surface area contributed by atoms with Crippen LogP contribution in [0.15, 0.2) is 11.8 Å². The van der Waals surface area contributed by atoms with Crippen LogP contribution in [0.1, 0.15) is 6.42 Å². The SMILES string of the molecule is N[C@H]1C(=O)N2C(C(=O)O)=C[C@H](O)C[C@@H]12. The molecular formula is C8H10N2O4. The summed E-state index contributed by atoms with van der Waals surface area (Å²) in [5.41, 5.74) is 5.31. The van der Waals surface area contributed by atoms with E-state index in [-0.39, 0.29) is 11.7 Å². The van der Waals surface area contributed by atoms with Crippen molar-refractivity contribution >= 4 is 11.9 Å². The summed E-state index contributed by atoms with van der Waals surface area (Å²) in [4.78, 5) is 23.1. The van der Waals surface area contributed by atoms with E-state index in [0.29, 0.717) is 6.42 Å². The van der Waals surface area contributed by atoms with Crippen molar-refractivity contribution in [3.05, 3.63) is 11.8 Å². The minimum atomic E-state index is -1.21. The Morgan fingerprint density at radius 2 is 2.29 bits per heavy atom. The van der Waals surface area contributed by atoms with E-state index >= 15 is 0 Å². The summed E-state index contributed by atoms with van der Waals surface area (Å²) in [7, 11) is 0. The molecule has 1 fully saturated rings. The Morgan fingerprint density at radius 3 is 2.86 bits per heavy atom. The molecule has 0 saturated carbocycles. The lowest BCUT2D eigenvalue weighted by molar-refractivity contribution is -0.153. The van der Waals surface area contributed by atoms with E-state index in [1.165, 1.54) is 6.08 Å². The van der Waals surface area contributed by atoms with Crippen LogP contribution < -0.4 is 5.73 Å². The molecule has 0 aliphatic carbocycles. The van der Waals surface area contributed by atoms with Crippen LogP contribution in [0.25, 0.3) is 0 Å². The molecule has 0 aromatic heterocycles. The zero-order chi connectivity index (χ0) is 10.5. The van der Waals surface area contributed by atoms with Crippen LogP contribution in [0.4, 0.5) is 0 Å². The van der Waals surface area contributed by atoms with Gasteiger partial charge in [0.15, 0.2) is 0 Å². The number of aliphatic hydroxyl groups excluding tert-OH is 1. The lowest BCUT2D eigenvalue weighted by Crippen LogP contribution is -2.70. The Kier molecular flexibility index (Phi) is 1.83. The molecule has 0 spiro atoms. The third kappa shape index (κ3) is 1.04. The molecule has 2 aliphatic heterocycles. The molecule has 2 heterocycles. The standard InChI is InChI=1S/C8H10N2O4/c9-6-4-1-3(11)2-5(8(13)14)10(4)7(6)12/h2-4,6,11H,1,9H2,(H,13,14)/t3-,4+,6-/m1/s1. The van der Waals surface area contributed by atoms with Gasteiger partial charge in [-0.3, -0.25) is 9.69 Å². The van der Waals surface area contributed by atoms with Crippen molar-refractivity contribution in [1.29, 1.82) is 0 Å². The first-order chi connectivity index (χ1) is 6.52. The first-order valence-corrected chi connectivity index (χ1v) is 4.24. The monoisotopic (exact) mass is 198 g/mol. The normalized spacial score (nSPS) is 35.9. The molecule has 14 heavy (non-hydrogen) atoms. The third-order valence-electron chi connectivity index (χ3n) is 2.58. The molecule has 4 N–H and O–H groups in total. The van der Waals surface area contributed by atoms with Crippen molar-refractivity contribution < 1.29 is 19.8 Å². The highest BCUT2D eigenvalue weighted by molar-refractivity contribution is 5.99. The minimum absolute atomic E-state index is 0.166. The molecular weight excluding hydrogens is 188 g/mol. The number of fused-ring (bicyclic) bond motifs is 1. The van der Waals surface area contributed by atoms with Gasteiger partial charge in [-0.25, -0.2) is 4.79 Å². The second-order valence-corrected chi connectivity index (χ2v) is 3.46. The second kappa shape index (κ2) is 2.79. The van der Waals surface area contributed by atoms with Gasteiger partial charge in [0, 0.05) is 0 Å². The van der Waals surface area contributed by atoms with Crippen LogP contribution in [0.5, 0.6) is 0 Å². The number of carbonyl (C=O) groups excluding carboxylic acids is 1. The average Bonchev–Trinajstić information content (AvgIpc) is 2.15. The Hall–Kier alpha value is -1.40. The van der Waals surface area contributed by atoms with E-state index in [1.807, 2.05) is 0 Å². The van der Waals surface area contributed by atoms with Gasteiger partial charge in [0.2, 0.25) is 5.91 Å². The fourth-order valence-electron chi connectivity index (χ4n) is 1.87. The second-order valence-electron chi connectivity index (χ2n) is 3.46. The molecule has 1 amide bonds. The maximum Gasteiger partial charge on any atom is 0.352 e. The van der Waals surface area contributed by atoms with Gasteiger partial charge < -0.3 is 15.9 Å². The molecule has 0 bridgehead atoms. The van der Waals surface area contributed by atoms with Crippen LogP contribution >= 0.6 is 0 Å². The van der Waals surface area contributed by atoms with Crippen LogP contribution in [0.3, 0.4) is 0 Å². The number of hydrogen-bond donors (Lipinski definition) is 3. The van der Waals surface area contributed by atoms with Gasteiger partial charge in [-0.15, -0.1) is 0 Å². The predicted octanol–water partition coefficient (Wildman–Crippen LogP) is -1.74. The van der Waals surface area contributed by atoms with Crippen LogP contribution in [0.2, 0.25) is 0 Å². The van der Waals surface area contributed by atoms with E-state index in [9.17, 15) is 14.7 Å². The third-order valence-corrected chi connectivity index (χ3v) is 2.58. The average molecular weight is 198 g/mol. The maximum atomic E-state index is 11.2. The number of aliphatic carboxylic acids is 1. The minimum Gasteiger partial charge on any atom is -0.477 e. The summed E-state index contributed by atoms with van der Waals surface area (Å²) in [6, 6.07) is -1.04. The van der Waals surface area contributed by atoms with Crippen molar-refractivity contribution in [2.75, 3.05) is 0 Å². The first-order valence-electron chi connectivity index (χ1n) is 4.24. The summed E-state index contributed by atoms with van der Waals surface area (Å²) in [5, 5.41) is 18.1. The van der Waals surface area contributed by atoms with E-state index in [4.69, 9.17) is 10.8 Å². The number of nitrogens with two attached hydrogens (primary N) is 1. The summed E-state index contributed by atoms with van der Waals surface area (Å²) in [6.07, 6.45) is 0.647. The van der Waals surface area contributed by atoms with Gasteiger partial charge >= 0.3 is 5.97 Å². The number of rotatable bonds is 1. The molecule has 1 saturated heterocycles. The number of carbonyl (C=O) groups is 2. The van der Waals surface area contributed by atoms with Crippen molar-refractivity contribution in [3.8, 4) is 0 Å². The van der Waals surface area contributed by atoms with Crippen molar-refractivity contribution in [1.82, 2.24) is 4.90 Å². The lowest BCUT2D eigenvalue weighted by Gasteiger charge is -2.48. The molecule has 0 radical (unpaired) electrons. The summed E-state index contributed by atoms with van der Waals surface area (Å²) < 4.78 is 0. The number of hydrogen-bond acceptors (Lipinski definition) is 4. The number of aliphatic hydroxyl groups is 1. The molecule has 2 aliphatic rings. The maximum absolute atomic E-state index is 11.2. The molecule has 6 heteroatoms. The summed E-state index contributed by atoms with van der Waals surface area (Å²) in [5.74, 6) is -1.61. The van der Waals surface area contributed by atoms with E-state index in [1.54, 1.807) is 0 Å². The van der Waals surface area contributed by atoms with Crippen molar-refractivity contribution in [3.63, 3.8) is 0 Å². The number of carboxylic acids is 1. The van der Waals surface area contributed by atoms with Gasteiger partial charge in [-0.05, 0) is 12.5 Å². The number of nitrogens with zero attached hydrogens (tertiary/aromatic N) is 1. The van der Waals surface area contributed by atoms with Gasteiger partial charge in [-0.2, -0.15) is 0 Å². The van der Waals surface area contributed by atoms with Crippen LogP contribution in [-0.2, 0) is 9.59 Å². The lowest BCUT2D eigenvalue weighted by atomic mass is 9.86. The Morgan fingerprint density at radius 1 is 1.64 bits per heavy atom. The quantitative estimate of drug-likeness (QED) is 0.434. The van der Waals surface area contributed by atoms with Gasteiger partial charge in [0.25, 0.3) is 0 Å². The highest BCUT2D eigenvalue weighted by Crippen LogP contribution is 2.31. The molecule has 6 nitrogen and oxygen atoms in total. The van der Waals surface area contributed by atoms with E-state index in [2.05, 4.69) is 0 Å². The molecule has 0 aromatic carbocycles. The molecule has 76 valence electrons. The molecule has 0 unspecified atom stereocenters. The molecule has 3 atom stereocenters. The van der Waals surface area contributed by atoms with Crippen molar-refractivity contribution in [2.24, 2.45) is 5.73 Å². The van der Waals surface area contributed by atoms with Gasteiger partial charge in [0.1, 0.15) is 11.7 Å². The van der Waals surface area contributed by atoms with Crippen LogP contribution in [0, 0.1) is 0 Å². The number of amides is 1. The smallest absolute Gasteiger partial charge is 0.352 e. The zero-order valence-corrected chi connectivity index (χ0v) is 7.25. The number of carboxylic acid groups (broad SMARTS) is 1.